The molecule has 0 saturated heterocycles. The summed E-state index contributed by atoms with van der Waals surface area (Å²) in [4.78, 5) is 25.7. The highest BCUT2D eigenvalue weighted by atomic mass is 35.5. The van der Waals surface area contributed by atoms with Crippen LogP contribution in [0.4, 0.5) is 4.39 Å². The smallest absolute Gasteiger partial charge is 0.307 e. The molecule has 0 aliphatic carbocycles. The van der Waals surface area contributed by atoms with E-state index < -0.39 is 17.7 Å². The van der Waals surface area contributed by atoms with E-state index >= 15 is 0 Å². The van der Waals surface area contributed by atoms with Gasteiger partial charge in [0.25, 0.3) is 5.91 Å². The van der Waals surface area contributed by atoms with Gasteiger partial charge in [-0.3, -0.25) is 9.59 Å². The van der Waals surface area contributed by atoms with Crippen molar-refractivity contribution < 1.29 is 23.5 Å². The molecule has 0 fully saturated rings. The second-order valence-corrected chi connectivity index (χ2v) is 6.12. The number of ether oxygens (including phenoxy) is 2. The molecule has 25 heavy (non-hydrogen) atoms. The van der Waals surface area contributed by atoms with Crippen LogP contribution in [-0.2, 0) is 14.3 Å². The lowest BCUT2D eigenvalue weighted by molar-refractivity contribution is -0.143. The number of hydrogen-bond donors (Lipinski definition) is 0. The van der Waals surface area contributed by atoms with Crippen LogP contribution in [0.15, 0.2) is 18.2 Å². The van der Waals surface area contributed by atoms with E-state index in [4.69, 9.17) is 21.1 Å². The van der Waals surface area contributed by atoms with Crippen molar-refractivity contribution in [1.82, 2.24) is 4.90 Å². The molecular formula is C18H25ClFNO4. The highest BCUT2D eigenvalue weighted by Gasteiger charge is 2.22. The first-order chi connectivity index (χ1) is 11.9. The minimum atomic E-state index is -0.683. The summed E-state index contributed by atoms with van der Waals surface area (Å²) in [7, 11) is 0. The summed E-state index contributed by atoms with van der Waals surface area (Å²) in [5.41, 5.74) is -0.183. The van der Waals surface area contributed by atoms with E-state index in [1.54, 1.807) is 6.92 Å². The lowest BCUT2D eigenvalue weighted by atomic mass is 10.1. The maximum atomic E-state index is 14.0. The van der Waals surface area contributed by atoms with Crippen LogP contribution in [0.25, 0.3) is 0 Å². The van der Waals surface area contributed by atoms with Crippen LogP contribution >= 0.6 is 11.6 Å². The molecule has 0 radical (unpaired) electrons. The number of nitrogens with zero attached hydrogens (tertiary/aromatic N) is 1. The highest BCUT2D eigenvalue weighted by molar-refractivity contribution is 6.33. The second kappa shape index (κ2) is 11.1. The first-order valence-corrected chi connectivity index (χ1v) is 8.75. The van der Waals surface area contributed by atoms with E-state index in [0.717, 1.165) is 0 Å². The van der Waals surface area contributed by atoms with Crippen molar-refractivity contribution >= 4 is 23.5 Å². The minimum Gasteiger partial charge on any atom is -0.466 e. The summed E-state index contributed by atoms with van der Waals surface area (Å²) >= 11 is 5.98. The molecule has 140 valence electrons. The maximum Gasteiger partial charge on any atom is 0.307 e. The normalized spacial score (nSPS) is 10.8. The molecule has 0 unspecified atom stereocenters. The van der Waals surface area contributed by atoms with Gasteiger partial charge >= 0.3 is 5.97 Å². The quantitative estimate of drug-likeness (QED) is 0.463. The number of carbonyl (C=O) groups excluding carboxylic acids is 2. The van der Waals surface area contributed by atoms with E-state index in [1.165, 1.54) is 23.1 Å². The Balaban J connectivity index is 2.81. The largest absolute Gasteiger partial charge is 0.466 e. The van der Waals surface area contributed by atoms with Crippen molar-refractivity contribution in [1.29, 1.82) is 0 Å². The maximum absolute atomic E-state index is 14.0. The topological polar surface area (TPSA) is 55.8 Å². The third-order valence-electron chi connectivity index (χ3n) is 3.38. The van der Waals surface area contributed by atoms with Gasteiger partial charge in [0.1, 0.15) is 5.82 Å². The van der Waals surface area contributed by atoms with Gasteiger partial charge in [-0.05, 0) is 39.3 Å². The zero-order valence-corrected chi connectivity index (χ0v) is 15.6. The van der Waals surface area contributed by atoms with Gasteiger partial charge in [-0.1, -0.05) is 17.7 Å². The molecule has 0 aliphatic rings. The number of benzene rings is 1. The molecule has 0 aliphatic heterocycles. The monoisotopic (exact) mass is 373 g/mol. The Labute approximate surface area is 153 Å². The fourth-order valence-corrected chi connectivity index (χ4v) is 2.45. The van der Waals surface area contributed by atoms with E-state index in [1.807, 2.05) is 13.8 Å². The van der Waals surface area contributed by atoms with Crippen LogP contribution < -0.4 is 0 Å². The van der Waals surface area contributed by atoms with Crippen molar-refractivity contribution in [3.8, 4) is 0 Å². The van der Waals surface area contributed by atoms with Gasteiger partial charge < -0.3 is 14.4 Å². The summed E-state index contributed by atoms with van der Waals surface area (Å²) in [6.45, 7) is 6.74. The first-order valence-electron chi connectivity index (χ1n) is 8.37. The minimum absolute atomic E-state index is 0.0384. The van der Waals surface area contributed by atoms with Gasteiger partial charge in [-0.25, -0.2) is 4.39 Å². The number of carbonyl (C=O) groups is 2. The Morgan fingerprint density at radius 2 is 2.00 bits per heavy atom. The predicted molar refractivity (Wildman–Crippen MR) is 94.3 cm³/mol. The molecule has 1 amide bonds. The van der Waals surface area contributed by atoms with E-state index in [9.17, 15) is 14.0 Å². The lowest BCUT2D eigenvalue weighted by Crippen LogP contribution is -2.35. The van der Waals surface area contributed by atoms with Crippen molar-refractivity contribution in [3.63, 3.8) is 0 Å². The number of esters is 1. The standard InChI is InChI=1S/C18H25ClFNO4/c1-4-24-16(22)9-11-21(10-6-12-25-13(2)3)18(23)17-14(19)7-5-8-15(17)20/h5,7-8,13H,4,6,9-12H2,1-3H3. The fraction of sp³-hybridized carbons (Fsp3) is 0.556. The number of rotatable bonds is 10. The number of amides is 1. The van der Waals surface area contributed by atoms with Gasteiger partial charge in [-0.15, -0.1) is 0 Å². The second-order valence-electron chi connectivity index (χ2n) is 5.72. The van der Waals surface area contributed by atoms with Gasteiger partial charge in [0.05, 0.1) is 29.7 Å². The average molecular weight is 374 g/mol. The van der Waals surface area contributed by atoms with Crippen LogP contribution in [-0.4, -0.2) is 49.2 Å². The number of hydrogen-bond acceptors (Lipinski definition) is 4. The van der Waals surface area contributed by atoms with Crippen molar-refractivity contribution in [2.24, 2.45) is 0 Å². The van der Waals surface area contributed by atoms with E-state index in [2.05, 4.69) is 0 Å². The van der Waals surface area contributed by atoms with Crippen molar-refractivity contribution in [2.75, 3.05) is 26.3 Å². The molecule has 0 aromatic heterocycles. The fourth-order valence-electron chi connectivity index (χ4n) is 2.21. The highest BCUT2D eigenvalue weighted by Crippen LogP contribution is 2.21. The lowest BCUT2D eigenvalue weighted by Gasteiger charge is -2.23. The predicted octanol–water partition coefficient (Wildman–Crippen LogP) is 3.69. The van der Waals surface area contributed by atoms with Crippen molar-refractivity contribution in [2.45, 2.75) is 39.7 Å². The molecule has 0 saturated carbocycles. The molecule has 1 aromatic carbocycles. The zero-order valence-electron chi connectivity index (χ0n) is 14.9. The summed E-state index contributed by atoms with van der Waals surface area (Å²) in [5.74, 6) is -1.63. The van der Waals surface area contributed by atoms with Crippen LogP contribution in [0.3, 0.4) is 0 Å². The third kappa shape index (κ3) is 7.40. The molecule has 0 N–H and O–H groups in total. The molecule has 0 heterocycles. The van der Waals surface area contributed by atoms with Crippen LogP contribution in [0.1, 0.15) is 44.0 Å². The van der Waals surface area contributed by atoms with Crippen LogP contribution in [0, 0.1) is 5.82 Å². The molecule has 0 atom stereocenters. The van der Waals surface area contributed by atoms with E-state index in [0.29, 0.717) is 19.6 Å². The zero-order chi connectivity index (χ0) is 18.8. The SMILES string of the molecule is CCOC(=O)CCN(CCCOC(C)C)C(=O)c1c(F)cccc1Cl. The first kappa shape index (κ1) is 21.4. The Morgan fingerprint density at radius 1 is 1.28 bits per heavy atom. The molecule has 0 bridgehead atoms. The Morgan fingerprint density at radius 3 is 2.60 bits per heavy atom. The molecular weight excluding hydrogens is 349 g/mol. The summed E-state index contributed by atoms with van der Waals surface area (Å²) < 4.78 is 24.4. The summed E-state index contributed by atoms with van der Waals surface area (Å²) in [6, 6.07) is 4.08. The van der Waals surface area contributed by atoms with Crippen LogP contribution in [0.2, 0.25) is 5.02 Å². The Bertz CT molecular complexity index is 560. The average Bonchev–Trinajstić information content (AvgIpc) is 2.53. The molecule has 5 nitrogen and oxygen atoms in total. The molecule has 1 rings (SSSR count). The molecule has 1 aromatic rings. The van der Waals surface area contributed by atoms with E-state index in [-0.39, 0.29) is 36.3 Å². The van der Waals surface area contributed by atoms with Gasteiger partial charge in [0.2, 0.25) is 0 Å². The number of halogens is 2. The van der Waals surface area contributed by atoms with Gasteiger partial charge in [-0.2, -0.15) is 0 Å². The van der Waals surface area contributed by atoms with Gasteiger partial charge in [0.15, 0.2) is 0 Å². The third-order valence-corrected chi connectivity index (χ3v) is 3.69. The summed E-state index contributed by atoms with van der Waals surface area (Å²) in [6.07, 6.45) is 0.694. The molecule has 0 spiro atoms. The Kier molecular flexibility index (Phi) is 9.45. The van der Waals surface area contributed by atoms with Crippen LogP contribution in [0.5, 0.6) is 0 Å². The summed E-state index contributed by atoms with van der Waals surface area (Å²) in [5, 5.41) is 0.0459. The Hall–Kier alpha value is -1.66. The van der Waals surface area contributed by atoms with Gasteiger partial charge in [0, 0.05) is 19.7 Å². The van der Waals surface area contributed by atoms with Crippen molar-refractivity contribution in [3.05, 3.63) is 34.6 Å². The molecule has 7 heteroatoms.